The van der Waals surface area contributed by atoms with E-state index in [1.807, 2.05) is 0 Å². The number of nitrogens with two attached hydrogens (primary N) is 1. The molecule has 0 spiro atoms. The van der Waals surface area contributed by atoms with E-state index in [4.69, 9.17) is 10.5 Å². The van der Waals surface area contributed by atoms with Gasteiger partial charge in [-0.3, -0.25) is 14.4 Å². The van der Waals surface area contributed by atoms with Gasteiger partial charge in [0.05, 0.1) is 25.0 Å². The number of nitrogens with one attached hydrogen (secondary N) is 1. The highest BCUT2D eigenvalue weighted by Gasteiger charge is 2.31. The first-order chi connectivity index (χ1) is 12.0. The molecule has 0 fully saturated rings. The van der Waals surface area contributed by atoms with E-state index < -0.39 is 41.5 Å². The number of amides is 2. The Kier molecular flexibility index (Phi) is 7.60. The number of primary amides is 1. The summed E-state index contributed by atoms with van der Waals surface area (Å²) in [5.41, 5.74) is 4.52. The molecule has 1 rings (SSSR count). The predicted molar refractivity (Wildman–Crippen MR) is 86.7 cm³/mol. The summed E-state index contributed by atoms with van der Waals surface area (Å²) in [7, 11) is 0. The third kappa shape index (κ3) is 6.73. The molecule has 0 saturated carbocycles. The molecule has 0 aliphatic carbocycles. The van der Waals surface area contributed by atoms with Crippen LogP contribution in [0.2, 0.25) is 0 Å². The molecule has 26 heavy (non-hydrogen) atoms. The van der Waals surface area contributed by atoms with E-state index >= 15 is 0 Å². The highest BCUT2D eigenvalue weighted by atomic mass is 19.4. The van der Waals surface area contributed by atoms with E-state index in [1.165, 1.54) is 19.1 Å². The van der Waals surface area contributed by atoms with Crippen LogP contribution in [0.5, 0.6) is 0 Å². The maximum absolute atomic E-state index is 12.7. The Morgan fingerprint density at radius 1 is 1.27 bits per heavy atom. The number of carbonyl (C=O) groups excluding carboxylic acids is 3. The van der Waals surface area contributed by atoms with Crippen molar-refractivity contribution in [2.75, 3.05) is 6.61 Å². The molecule has 0 bridgehead atoms. The number of hydrogen-bond donors (Lipinski definition) is 2. The minimum absolute atomic E-state index is 0.134. The van der Waals surface area contributed by atoms with Crippen molar-refractivity contribution in [3.8, 4) is 0 Å². The van der Waals surface area contributed by atoms with Gasteiger partial charge in [0.2, 0.25) is 11.8 Å². The average molecular weight is 374 g/mol. The Bertz CT molecular complexity index is 662. The molecular formula is C17H21F3N2O4. The molecule has 144 valence electrons. The third-order valence-electron chi connectivity index (χ3n) is 3.61. The zero-order valence-corrected chi connectivity index (χ0v) is 14.4. The summed E-state index contributed by atoms with van der Waals surface area (Å²) >= 11 is 0. The quantitative estimate of drug-likeness (QED) is 0.678. The molecule has 0 heterocycles. The fourth-order valence-corrected chi connectivity index (χ4v) is 2.36. The van der Waals surface area contributed by atoms with Crippen LogP contribution < -0.4 is 11.1 Å². The number of benzene rings is 1. The van der Waals surface area contributed by atoms with Gasteiger partial charge in [-0.1, -0.05) is 25.1 Å². The fraction of sp³-hybridized carbons (Fsp3) is 0.471. The minimum atomic E-state index is -4.52. The van der Waals surface area contributed by atoms with Crippen molar-refractivity contribution in [3.63, 3.8) is 0 Å². The van der Waals surface area contributed by atoms with Gasteiger partial charge in [0.15, 0.2) is 0 Å². The Labute approximate surface area is 148 Å². The lowest BCUT2D eigenvalue weighted by Crippen LogP contribution is -2.49. The van der Waals surface area contributed by atoms with Crippen molar-refractivity contribution in [1.82, 2.24) is 5.32 Å². The molecule has 6 nitrogen and oxygen atoms in total. The van der Waals surface area contributed by atoms with E-state index in [2.05, 4.69) is 5.32 Å². The molecule has 1 aromatic rings. The maximum atomic E-state index is 12.7. The molecule has 0 unspecified atom stereocenters. The van der Waals surface area contributed by atoms with Crippen molar-refractivity contribution in [3.05, 3.63) is 35.4 Å². The van der Waals surface area contributed by atoms with Crippen molar-refractivity contribution < 1.29 is 32.3 Å². The van der Waals surface area contributed by atoms with Crippen molar-refractivity contribution in [2.45, 2.75) is 38.9 Å². The Hall–Kier alpha value is -2.58. The summed E-state index contributed by atoms with van der Waals surface area (Å²) in [5.74, 6) is -2.70. The van der Waals surface area contributed by atoms with E-state index in [1.54, 1.807) is 6.92 Å². The number of halogens is 3. The molecule has 2 amide bonds. The highest BCUT2D eigenvalue weighted by molar-refractivity contribution is 5.88. The third-order valence-corrected chi connectivity index (χ3v) is 3.61. The molecule has 2 atom stereocenters. The highest BCUT2D eigenvalue weighted by Crippen LogP contribution is 2.29. The molecule has 1 aromatic carbocycles. The molecule has 0 saturated heterocycles. The topological polar surface area (TPSA) is 98.5 Å². The predicted octanol–water partition coefficient (Wildman–Crippen LogP) is 1.81. The van der Waals surface area contributed by atoms with Crippen LogP contribution in [0.15, 0.2) is 24.3 Å². The van der Waals surface area contributed by atoms with Gasteiger partial charge in [-0.15, -0.1) is 0 Å². The number of alkyl halides is 3. The van der Waals surface area contributed by atoms with Gasteiger partial charge in [-0.25, -0.2) is 0 Å². The van der Waals surface area contributed by atoms with E-state index in [0.717, 1.165) is 12.1 Å². The lowest BCUT2D eigenvalue weighted by atomic mass is 9.97. The van der Waals surface area contributed by atoms with Crippen molar-refractivity contribution in [2.24, 2.45) is 11.7 Å². The first-order valence-electron chi connectivity index (χ1n) is 7.95. The first-order valence-corrected chi connectivity index (χ1v) is 7.95. The molecule has 9 heteroatoms. The summed E-state index contributed by atoms with van der Waals surface area (Å²) in [6, 6.07) is 3.18. The van der Waals surface area contributed by atoms with Crippen LogP contribution >= 0.6 is 0 Å². The Morgan fingerprint density at radius 2 is 1.92 bits per heavy atom. The van der Waals surface area contributed by atoms with Gasteiger partial charge in [-0.05, 0) is 24.5 Å². The van der Waals surface area contributed by atoms with Gasteiger partial charge < -0.3 is 15.8 Å². The van der Waals surface area contributed by atoms with Crippen LogP contribution in [0.25, 0.3) is 0 Å². The van der Waals surface area contributed by atoms with Gasteiger partial charge in [-0.2, -0.15) is 13.2 Å². The summed E-state index contributed by atoms with van der Waals surface area (Å²) in [4.78, 5) is 35.1. The Balaban J connectivity index is 2.76. The number of ether oxygens (including phenoxy) is 1. The lowest BCUT2D eigenvalue weighted by Gasteiger charge is -2.21. The van der Waals surface area contributed by atoms with Crippen LogP contribution in [-0.4, -0.2) is 30.4 Å². The standard InChI is InChI=1S/C17H21F3N2O4/c1-3-26-14(24)7-10(2)15(16(21)25)22-13(23)9-11-5-4-6-12(8-11)17(18,19)20/h4-6,8,10,15H,3,7,9H2,1-2H3,(H2,21,25)(H,22,23)/t10-,15+/m0/s1. The van der Waals surface area contributed by atoms with E-state index in [9.17, 15) is 27.6 Å². The number of carbonyl (C=O) groups is 3. The number of esters is 1. The average Bonchev–Trinajstić information content (AvgIpc) is 2.51. The summed E-state index contributed by atoms with van der Waals surface area (Å²) in [5, 5.41) is 2.37. The van der Waals surface area contributed by atoms with Crippen LogP contribution in [0.4, 0.5) is 13.2 Å². The van der Waals surface area contributed by atoms with Crippen molar-refractivity contribution in [1.29, 1.82) is 0 Å². The fourth-order valence-electron chi connectivity index (χ4n) is 2.36. The second-order valence-electron chi connectivity index (χ2n) is 5.81. The molecule has 0 aliphatic heterocycles. The van der Waals surface area contributed by atoms with Gasteiger partial charge in [0.1, 0.15) is 6.04 Å². The number of rotatable bonds is 8. The molecule has 3 N–H and O–H groups in total. The maximum Gasteiger partial charge on any atom is 0.416 e. The summed E-state index contributed by atoms with van der Waals surface area (Å²) < 4.78 is 42.9. The normalized spacial score (nSPS) is 13.6. The molecular weight excluding hydrogens is 353 g/mol. The molecule has 0 aliphatic rings. The van der Waals surface area contributed by atoms with Crippen molar-refractivity contribution >= 4 is 17.8 Å². The van der Waals surface area contributed by atoms with E-state index in [0.29, 0.717) is 0 Å². The minimum Gasteiger partial charge on any atom is -0.466 e. The first kappa shape index (κ1) is 21.5. The zero-order chi connectivity index (χ0) is 19.9. The molecule has 0 radical (unpaired) electrons. The van der Waals surface area contributed by atoms with Gasteiger partial charge in [0, 0.05) is 0 Å². The second-order valence-corrected chi connectivity index (χ2v) is 5.81. The van der Waals surface area contributed by atoms with Gasteiger partial charge in [0.25, 0.3) is 0 Å². The van der Waals surface area contributed by atoms with Crippen LogP contribution in [0.3, 0.4) is 0 Å². The van der Waals surface area contributed by atoms with Crippen LogP contribution in [0.1, 0.15) is 31.4 Å². The molecule has 0 aromatic heterocycles. The second kappa shape index (κ2) is 9.21. The van der Waals surface area contributed by atoms with Crippen LogP contribution in [-0.2, 0) is 31.7 Å². The summed E-state index contributed by atoms with van der Waals surface area (Å²) in [6.45, 7) is 3.34. The zero-order valence-electron chi connectivity index (χ0n) is 14.4. The lowest BCUT2D eigenvalue weighted by molar-refractivity contribution is -0.145. The van der Waals surface area contributed by atoms with E-state index in [-0.39, 0.29) is 25.0 Å². The largest absolute Gasteiger partial charge is 0.466 e. The monoisotopic (exact) mass is 374 g/mol. The van der Waals surface area contributed by atoms with Crippen LogP contribution in [0, 0.1) is 5.92 Å². The summed E-state index contributed by atoms with van der Waals surface area (Å²) in [6.07, 6.45) is -5.01. The smallest absolute Gasteiger partial charge is 0.416 e. The Morgan fingerprint density at radius 3 is 2.46 bits per heavy atom. The SMILES string of the molecule is CCOC(=O)C[C@H](C)[C@@H](NC(=O)Cc1cccc(C(F)(F)F)c1)C(N)=O. The number of hydrogen-bond acceptors (Lipinski definition) is 4. The van der Waals surface area contributed by atoms with Gasteiger partial charge >= 0.3 is 12.1 Å².